The standard InChI is InChI=1S/C21H23ClFN3O3S/c1-24-10-12-25(13-11-24)21(27)20-9-6-15-4-2-3-5-19(15)26(20)30(28,29)16-7-8-18(23)17(22)14-16/h2-5,7-8,14,20H,6,9-13H2,1H3. The van der Waals surface area contributed by atoms with Crippen LogP contribution in [0.15, 0.2) is 47.4 Å². The van der Waals surface area contributed by atoms with Crippen molar-refractivity contribution in [2.45, 2.75) is 23.8 Å². The summed E-state index contributed by atoms with van der Waals surface area (Å²) in [4.78, 5) is 17.1. The van der Waals surface area contributed by atoms with Crippen molar-refractivity contribution >= 4 is 33.2 Å². The van der Waals surface area contributed by atoms with Crippen LogP contribution in [0.2, 0.25) is 5.02 Å². The van der Waals surface area contributed by atoms with Gasteiger partial charge in [0.25, 0.3) is 10.0 Å². The van der Waals surface area contributed by atoms with E-state index in [0.29, 0.717) is 31.6 Å². The van der Waals surface area contributed by atoms with Crippen LogP contribution in [0, 0.1) is 5.82 Å². The fourth-order valence-electron chi connectivity index (χ4n) is 4.02. The zero-order valence-corrected chi connectivity index (χ0v) is 18.2. The molecule has 2 aliphatic rings. The van der Waals surface area contributed by atoms with E-state index < -0.39 is 21.9 Å². The molecular formula is C21H23ClFN3O3S. The summed E-state index contributed by atoms with van der Waals surface area (Å²) in [5, 5.41) is -0.275. The molecule has 0 aliphatic carbocycles. The van der Waals surface area contributed by atoms with E-state index in [1.807, 2.05) is 19.2 Å². The van der Waals surface area contributed by atoms with E-state index in [-0.39, 0.29) is 15.8 Å². The topological polar surface area (TPSA) is 60.9 Å². The van der Waals surface area contributed by atoms with Gasteiger partial charge < -0.3 is 9.80 Å². The first kappa shape index (κ1) is 21.1. The Hall–Kier alpha value is -2.16. The highest BCUT2D eigenvalue weighted by Crippen LogP contribution is 2.36. The van der Waals surface area contributed by atoms with Gasteiger partial charge in [-0.15, -0.1) is 0 Å². The third-order valence-electron chi connectivity index (χ3n) is 5.75. The Morgan fingerprint density at radius 1 is 1.10 bits per heavy atom. The predicted molar refractivity (Wildman–Crippen MR) is 114 cm³/mol. The minimum Gasteiger partial charge on any atom is -0.338 e. The molecule has 0 N–H and O–H groups in total. The van der Waals surface area contributed by atoms with E-state index >= 15 is 0 Å². The molecule has 4 rings (SSSR count). The number of fused-ring (bicyclic) bond motifs is 1. The second-order valence-corrected chi connectivity index (χ2v) is 9.91. The average Bonchev–Trinajstić information content (AvgIpc) is 2.74. The van der Waals surface area contributed by atoms with E-state index in [0.717, 1.165) is 30.8 Å². The van der Waals surface area contributed by atoms with E-state index in [4.69, 9.17) is 11.6 Å². The number of carbonyl (C=O) groups excluding carboxylic acids is 1. The number of hydrogen-bond acceptors (Lipinski definition) is 4. The lowest BCUT2D eigenvalue weighted by Crippen LogP contribution is -2.56. The van der Waals surface area contributed by atoms with Gasteiger partial charge in [0.2, 0.25) is 5.91 Å². The smallest absolute Gasteiger partial charge is 0.265 e. The van der Waals surface area contributed by atoms with Gasteiger partial charge >= 0.3 is 0 Å². The minimum absolute atomic E-state index is 0.137. The zero-order valence-electron chi connectivity index (χ0n) is 16.6. The number of piperazine rings is 1. The van der Waals surface area contributed by atoms with Gasteiger partial charge in [-0.1, -0.05) is 29.8 Å². The summed E-state index contributed by atoms with van der Waals surface area (Å²) < 4.78 is 42.1. The van der Waals surface area contributed by atoms with Crippen LogP contribution in [0.5, 0.6) is 0 Å². The van der Waals surface area contributed by atoms with Crippen molar-refractivity contribution in [2.75, 3.05) is 37.5 Å². The van der Waals surface area contributed by atoms with Crippen LogP contribution in [0.25, 0.3) is 0 Å². The van der Waals surface area contributed by atoms with Gasteiger partial charge in [0, 0.05) is 26.2 Å². The lowest BCUT2D eigenvalue weighted by Gasteiger charge is -2.41. The monoisotopic (exact) mass is 451 g/mol. The molecule has 0 spiro atoms. The molecule has 1 atom stereocenters. The average molecular weight is 452 g/mol. The van der Waals surface area contributed by atoms with E-state index in [9.17, 15) is 17.6 Å². The summed E-state index contributed by atoms with van der Waals surface area (Å²) in [7, 11) is -2.14. The van der Waals surface area contributed by atoms with Gasteiger partial charge in [-0.25, -0.2) is 12.8 Å². The molecule has 1 amide bonds. The predicted octanol–water partition coefficient (Wildman–Crippen LogP) is 2.76. The van der Waals surface area contributed by atoms with E-state index in [1.54, 1.807) is 17.0 Å². The van der Waals surface area contributed by atoms with Crippen molar-refractivity contribution in [3.8, 4) is 0 Å². The first-order valence-corrected chi connectivity index (χ1v) is 11.7. The number of sulfonamides is 1. The lowest BCUT2D eigenvalue weighted by molar-refractivity contribution is -0.134. The molecule has 2 aliphatic heterocycles. The number of amides is 1. The third-order valence-corrected chi connectivity index (χ3v) is 7.86. The molecule has 1 saturated heterocycles. The number of halogens is 2. The number of anilines is 1. The van der Waals surface area contributed by atoms with Crippen LogP contribution in [-0.2, 0) is 21.2 Å². The summed E-state index contributed by atoms with van der Waals surface area (Å²) in [5.74, 6) is -0.894. The van der Waals surface area contributed by atoms with Crippen molar-refractivity contribution in [1.29, 1.82) is 0 Å². The molecule has 0 aromatic heterocycles. The van der Waals surface area contributed by atoms with Crippen molar-refractivity contribution in [3.63, 3.8) is 0 Å². The van der Waals surface area contributed by atoms with Crippen LogP contribution in [0.1, 0.15) is 12.0 Å². The number of hydrogen-bond donors (Lipinski definition) is 0. The maximum absolute atomic E-state index is 13.6. The number of likely N-dealkylation sites (N-methyl/N-ethyl adjacent to an activating group) is 1. The van der Waals surface area contributed by atoms with Crippen LogP contribution in [0.3, 0.4) is 0 Å². The van der Waals surface area contributed by atoms with Crippen LogP contribution in [0.4, 0.5) is 10.1 Å². The van der Waals surface area contributed by atoms with E-state index in [1.165, 1.54) is 10.4 Å². The first-order valence-electron chi connectivity index (χ1n) is 9.84. The minimum atomic E-state index is -4.13. The summed E-state index contributed by atoms with van der Waals surface area (Å²) in [5.41, 5.74) is 1.34. The number of rotatable bonds is 3. The lowest BCUT2D eigenvalue weighted by atomic mass is 9.97. The molecule has 1 unspecified atom stereocenters. The zero-order chi connectivity index (χ0) is 21.5. The maximum atomic E-state index is 13.6. The molecule has 9 heteroatoms. The molecule has 1 fully saturated rings. The quantitative estimate of drug-likeness (QED) is 0.720. The SMILES string of the molecule is CN1CCN(C(=O)C2CCc3ccccc3N2S(=O)(=O)c2ccc(F)c(Cl)c2)CC1. The van der Waals surface area contributed by atoms with Gasteiger partial charge in [-0.2, -0.15) is 0 Å². The Labute approximate surface area is 180 Å². The second-order valence-electron chi connectivity index (χ2n) is 7.69. The van der Waals surface area contributed by atoms with Crippen molar-refractivity contribution in [2.24, 2.45) is 0 Å². The fraction of sp³-hybridized carbons (Fsp3) is 0.381. The Morgan fingerprint density at radius 3 is 2.50 bits per heavy atom. The summed E-state index contributed by atoms with van der Waals surface area (Å²) in [6.07, 6.45) is 0.993. The first-order chi connectivity index (χ1) is 14.3. The highest BCUT2D eigenvalue weighted by molar-refractivity contribution is 7.93. The highest BCUT2D eigenvalue weighted by Gasteiger charge is 2.41. The van der Waals surface area contributed by atoms with Crippen molar-refractivity contribution in [1.82, 2.24) is 9.80 Å². The molecule has 6 nitrogen and oxygen atoms in total. The number of para-hydroxylation sites is 1. The van der Waals surface area contributed by atoms with Crippen molar-refractivity contribution < 1.29 is 17.6 Å². The number of carbonyl (C=O) groups is 1. The molecule has 2 heterocycles. The fourth-order valence-corrected chi connectivity index (χ4v) is 5.97. The number of benzene rings is 2. The Morgan fingerprint density at radius 2 is 1.80 bits per heavy atom. The van der Waals surface area contributed by atoms with Gasteiger partial charge in [0.1, 0.15) is 11.9 Å². The van der Waals surface area contributed by atoms with Crippen molar-refractivity contribution in [3.05, 3.63) is 58.9 Å². The second kappa shape index (κ2) is 8.17. The Balaban J connectivity index is 1.77. The summed E-state index contributed by atoms with van der Waals surface area (Å²) in [6, 6.07) is 9.64. The molecular weight excluding hydrogens is 429 g/mol. The van der Waals surface area contributed by atoms with Gasteiger partial charge in [0.05, 0.1) is 15.6 Å². The Bertz CT molecular complexity index is 1070. The normalized spacial score (nSPS) is 20.2. The largest absolute Gasteiger partial charge is 0.338 e. The number of aryl methyl sites for hydroxylation is 1. The molecule has 30 heavy (non-hydrogen) atoms. The third kappa shape index (κ3) is 3.79. The number of nitrogens with zero attached hydrogens (tertiary/aromatic N) is 3. The highest BCUT2D eigenvalue weighted by atomic mass is 35.5. The van der Waals surface area contributed by atoms with Crippen LogP contribution < -0.4 is 4.31 Å². The summed E-state index contributed by atoms with van der Waals surface area (Å²) in [6.45, 7) is 2.61. The molecule has 0 bridgehead atoms. The summed E-state index contributed by atoms with van der Waals surface area (Å²) >= 11 is 5.86. The maximum Gasteiger partial charge on any atom is 0.265 e. The van der Waals surface area contributed by atoms with Crippen LogP contribution in [-0.4, -0.2) is 63.4 Å². The van der Waals surface area contributed by atoms with Gasteiger partial charge in [0.15, 0.2) is 0 Å². The molecule has 0 saturated carbocycles. The molecule has 2 aromatic carbocycles. The van der Waals surface area contributed by atoms with Gasteiger partial charge in [-0.05, 0) is 49.7 Å². The van der Waals surface area contributed by atoms with Crippen LogP contribution >= 0.6 is 11.6 Å². The van der Waals surface area contributed by atoms with Gasteiger partial charge in [-0.3, -0.25) is 9.10 Å². The Kier molecular flexibility index (Phi) is 5.74. The molecule has 0 radical (unpaired) electrons. The molecule has 160 valence electrons. The van der Waals surface area contributed by atoms with E-state index in [2.05, 4.69) is 4.90 Å². The molecule has 2 aromatic rings.